The number of carbonyl (C=O) groups excluding carboxylic acids is 1. The first kappa shape index (κ1) is 14.1. The van der Waals surface area contributed by atoms with Crippen LogP contribution in [0.4, 0.5) is 0 Å². The lowest BCUT2D eigenvalue weighted by Gasteiger charge is -2.26. The van der Waals surface area contributed by atoms with Gasteiger partial charge in [0, 0.05) is 24.9 Å². The number of hydrogen-bond acceptors (Lipinski definition) is 4. The van der Waals surface area contributed by atoms with Gasteiger partial charge in [0.15, 0.2) is 5.58 Å². The molecule has 0 spiro atoms. The third-order valence-corrected chi connectivity index (χ3v) is 3.87. The fourth-order valence-electron chi connectivity index (χ4n) is 2.68. The molecule has 0 aliphatic carbocycles. The average Bonchev–Trinajstić information content (AvgIpc) is 2.95. The van der Waals surface area contributed by atoms with E-state index >= 15 is 0 Å². The Morgan fingerprint density at radius 3 is 2.90 bits per heavy atom. The van der Waals surface area contributed by atoms with Gasteiger partial charge in [0.25, 0.3) is 0 Å². The highest BCUT2D eigenvalue weighted by molar-refractivity contribution is 5.79. The van der Waals surface area contributed by atoms with Gasteiger partial charge in [-0.15, -0.1) is 0 Å². The molecule has 2 heterocycles. The number of benzene rings is 1. The standard InChI is InChI=1S/C16H20N2O3/c19-16(18-9-4-1-5-10-18)12-20-11-8-14-13-6-2-3-7-15(13)21-17-14/h2-3,6-7H,1,4-5,8-12H2. The Morgan fingerprint density at radius 1 is 1.24 bits per heavy atom. The van der Waals surface area contributed by atoms with Crippen molar-refractivity contribution in [2.45, 2.75) is 25.7 Å². The van der Waals surface area contributed by atoms with Crippen molar-refractivity contribution in [2.24, 2.45) is 0 Å². The SMILES string of the molecule is O=C(COCCc1noc2ccccc12)N1CCCCC1. The molecule has 1 aliphatic heterocycles. The van der Waals surface area contributed by atoms with Gasteiger partial charge in [-0.3, -0.25) is 4.79 Å². The van der Waals surface area contributed by atoms with Gasteiger partial charge >= 0.3 is 0 Å². The molecule has 5 nitrogen and oxygen atoms in total. The van der Waals surface area contributed by atoms with Crippen LogP contribution in [0.3, 0.4) is 0 Å². The van der Waals surface area contributed by atoms with Crippen LogP contribution in [-0.2, 0) is 16.0 Å². The lowest BCUT2D eigenvalue weighted by Crippen LogP contribution is -2.38. The van der Waals surface area contributed by atoms with Gasteiger partial charge in [-0.05, 0) is 31.4 Å². The largest absolute Gasteiger partial charge is 0.371 e. The number of hydrogen-bond donors (Lipinski definition) is 0. The minimum Gasteiger partial charge on any atom is -0.371 e. The summed E-state index contributed by atoms with van der Waals surface area (Å²) in [6, 6.07) is 7.77. The summed E-state index contributed by atoms with van der Waals surface area (Å²) < 4.78 is 10.7. The van der Waals surface area contributed by atoms with E-state index in [1.54, 1.807) is 0 Å². The second kappa shape index (κ2) is 6.72. The molecule has 0 saturated carbocycles. The van der Waals surface area contributed by atoms with Crippen molar-refractivity contribution >= 4 is 16.9 Å². The Kier molecular flexibility index (Phi) is 4.50. The molecule has 2 aromatic rings. The Hall–Kier alpha value is -1.88. The van der Waals surface area contributed by atoms with Crippen LogP contribution >= 0.6 is 0 Å². The maximum Gasteiger partial charge on any atom is 0.248 e. The summed E-state index contributed by atoms with van der Waals surface area (Å²) in [5.74, 6) is 0.0970. The van der Waals surface area contributed by atoms with Gasteiger partial charge in [0.2, 0.25) is 5.91 Å². The summed E-state index contributed by atoms with van der Waals surface area (Å²) in [5, 5.41) is 5.07. The lowest BCUT2D eigenvalue weighted by molar-refractivity contribution is -0.137. The van der Waals surface area contributed by atoms with E-state index in [2.05, 4.69) is 5.16 Å². The number of carbonyl (C=O) groups is 1. The van der Waals surface area contributed by atoms with Crippen LogP contribution in [-0.4, -0.2) is 42.3 Å². The van der Waals surface area contributed by atoms with Crippen molar-refractivity contribution in [1.82, 2.24) is 10.1 Å². The number of piperidine rings is 1. The molecule has 5 heteroatoms. The number of amides is 1. The quantitative estimate of drug-likeness (QED) is 0.793. The van der Waals surface area contributed by atoms with Gasteiger partial charge in [0.05, 0.1) is 12.3 Å². The fourth-order valence-corrected chi connectivity index (χ4v) is 2.68. The van der Waals surface area contributed by atoms with Crippen molar-refractivity contribution in [1.29, 1.82) is 0 Å². The Bertz CT molecular complexity index is 602. The molecule has 112 valence electrons. The maximum absolute atomic E-state index is 11.9. The molecule has 1 amide bonds. The summed E-state index contributed by atoms with van der Waals surface area (Å²) in [4.78, 5) is 13.8. The predicted molar refractivity (Wildman–Crippen MR) is 79.0 cm³/mol. The molecule has 0 N–H and O–H groups in total. The van der Waals surface area contributed by atoms with E-state index in [0.29, 0.717) is 13.0 Å². The van der Waals surface area contributed by atoms with Crippen LogP contribution in [0.1, 0.15) is 25.0 Å². The van der Waals surface area contributed by atoms with Crippen LogP contribution in [0.5, 0.6) is 0 Å². The molecule has 1 aromatic heterocycles. The predicted octanol–water partition coefficient (Wildman–Crippen LogP) is 2.40. The van der Waals surface area contributed by atoms with Crippen LogP contribution in [0.15, 0.2) is 28.8 Å². The first-order valence-corrected chi connectivity index (χ1v) is 7.53. The molecule has 0 radical (unpaired) electrons. The molecule has 3 rings (SSSR count). The van der Waals surface area contributed by atoms with E-state index in [9.17, 15) is 4.79 Å². The van der Waals surface area contributed by atoms with Crippen molar-refractivity contribution in [3.05, 3.63) is 30.0 Å². The zero-order chi connectivity index (χ0) is 14.5. The van der Waals surface area contributed by atoms with Gasteiger partial charge in [-0.25, -0.2) is 0 Å². The minimum absolute atomic E-state index is 0.0970. The number of aromatic nitrogens is 1. The summed E-state index contributed by atoms with van der Waals surface area (Å²) in [6.07, 6.45) is 4.10. The van der Waals surface area contributed by atoms with Crippen LogP contribution in [0, 0.1) is 0 Å². The van der Waals surface area contributed by atoms with Gasteiger partial charge in [-0.2, -0.15) is 0 Å². The summed E-state index contributed by atoms with van der Waals surface area (Å²) in [7, 11) is 0. The van der Waals surface area contributed by atoms with E-state index in [-0.39, 0.29) is 12.5 Å². The van der Waals surface area contributed by atoms with Gasteiger partial charge in [0.1, 0.15) is 6.61 Å². The van der Waals surface area contributed by atoms with Crippen molar-refractivity contribution < 1.29 is 14.1 Å². The molecule has 1 aromatic carbocycles. The van der Waals surface area contributed by atoms with E-state index in [4.69, 9.17) is 9.26 Å². The molecule has 0 bridgehead atoms. The number of para-hydroxylation sites is 1. The van der Waals surface area contributed by atoms with Crippen LogP contribution in [0.25, 0.3) is 11.0 Å². The van der Waals surface area contributed by atoms with E-state index in [1.807, 2.05) is 29.2 Å². The zero-order valence-electron chi connectivity index (χ0n) is 12.1. The van der Waals surface area contributed by atoms with Gasteiger partial charge < -0.3 is 14.2 Å². The topological polar surface area (TPSA) is 55.6 Å². The number of rotatable bonds is 5. The molecular weight excluding hydrogens is 268 g/mol. The molecule has 21 heavy (non-hydrogen) atoms. The summed E-state index contributed by atoms with van der Waals surface area (Å²) >= 11 is 0. The minimum atomic E-state index is 0.0970. The zero-order valence-corrected chi connectivity index (χ0v) is 12.1. The molecule has 1 saturated heterocycles. The van der Waals surface area contributed by atoms with E-state index < -0.39 is 0 Å². The maximum atomic E-state index is 11.9. The molecule has 1 fully saturated rings. The second-order valence-corrected chi connectivity index (χ2v) is 5.37. The van der Waals surface area contributed by atoms with E-state index in [0.717, 1.165) is 42.6 Å². The Labute approximate surface area is 123 Å². The number of likely N-dealkylation sites (tertiary alicyclic amines) is 1. The summed E-state index contributed by atoms with van der Waals surface area (Å²) in [5.41, 5.74) is 1.67. The third-order valence-electron chi connectivity index (χ3n) is 3.87. The van der Waals surface area contributed by atoms with Crippen LogP contribution < -0.4 is 0 Å². The van der Waals surface area contributed by atoms with Crippen molar-refractivity contribution in [3.8, 4) is 0 Å². The van der Waals surface area contributed by atoms with Crippen LogP contribution in [0.2, 0.25) is 0 Å². The highest BCUT2D eigenvalue weighted by atomic mass is 16.5. The average molecular weight is 288 g/mol. The Morgan fingerprint density at radius 2 is 2.05 bits per heavy atom. The number of ether oxygens (including phenoxy) is 1. The summed E-state index contributed by atoms with van der Waals surface area (Å²) in [6.45, 7) is 2.39. The highest BCUT2D eigenvalue weighted by Crippen LogP contribution is 2.18. The number of nitrogens with zero attached hydrogens (tertiary/aromatic N) is 2. The first-order valence-electron chi connectivity index (χ1n) is 7.53. The highest BCUT2D eigenvalue weighted by Gasteiger charge is 2.16. The molecule has 0 atom stereocenters. The smallest absolute Gasteiger partial charge is 0.248 e. The number of fused-ring (bicyclic) bond motifs is 1. The third kappa shape index (κ3) is 3.42. The Balaban J connectivity index is 1.44. The first-order chi connectivity index (χ1) is 10.3. The fraction of sp³-hybridized carbons (Fsp3) is 0.500. The molecule has 0 unspecified atom stereocenters. The molecular formula is C16H20N2O3. The van der Waals surface area contributed by atoms with E-state index in [1.165, 1.54) is 6.42 Å². The van der Waals surface area contributed by atoms with Gasteiger partial charge in [-0.1, -0.05) is 17.3 Å². The second-order valence-electron chi connectivity index (χ2n) is 5.37. The van der Waals surface area contributed by atoms with Crippen molar-refractivity contribution in [3.63, 3.8) is 0 Å². The monoisotopic (exact) mass is 288 g/mol. The van der Waals surface area contributed by atoms with Crippen molar-refractivity contribution in [2.75, 3.05) is 26.3 Å². The molecule has 1 aliphatic rings. The lowest BCUT2D eigenvalue weighted by atomic mass is 10.1. The normalized spacial score (nSPS) is 15.5.